The van der Waals surface area contributed by atoms with Crippen LogP contribution in [0.4, 0.5) is 10.2 Å². The standard InChI is InChI=1S/C16H13BrFN3O2/c17-8-6-7(4-5-9(8)18)12-13-10(2-1-3-11(13)22)19-15-14(12)16(23)21-20-15/h4-6,12-13H,1-3H2,(H2,20,21,23). The molecule has 2 aromatic rings. The first-order valence-electron chi connectivity index (χ1n) is 7.42. The number of aromatic nitrogens is 2. The van der Waals surface area contributed by atoms with Crippen molar-refractivity contribution in [3.8, 4) is 0 Å². The molecule has 1 aromatic heterocycles. The van der Waals surface area contributed by atoms with Crippen LogP contribution < -0.4 is 5.56 Å². The van der Waals surface area contributed by atoms with Gasteiger partial charge in [-0.1, -0.05) is 6.07 Å². The van der Waals surface area contributed by atoms with Gasteiger partial charge in [0.05, 0.1) is 16.0 Å². The zero-order chi connectivity index (χ0) is 16.1. The van der Waals surface area contributed by atoms with E-state index < -0.39 is 11.8 Å². The molecule has 5 nitrogen and oxygen atoms in total. The minimum Gasteiger partial charge on any atom is -0.299 e. The van der Waals surface area contributed by atoms with Crippen molar-refractivity contribution >= 4 is 33.2 Å². The first-order valence-corrected chi connectivity index (χ1v) is 8.21. The number of nitrogens with zero attached hydrogens (tertiary/aromatic N) is 1. The van der Waals surface area contributed by atoms with Crippen LogP contribution in [-0.4, -0.2) is 21.7 Å². The Labute approximate surface area is 139 Å². The molecule has 0 spiro atoms. The lowest BCUT2D eigenvalue weighted by atomic mass is 9.70. The van der Waals surface area contributed by atoms with E-state index >= 15 is 0 Å². The molecule has 2 unspecified atom stereocenters. The number of halogens is 2. The Morgan fingerprint density at radius 2 is 2.00 bits per heavy atom. The molecular formula is C16H13BrFN3O2. The highest BCUT2D eigenvalue weighted by atomic mass is 79.9. The van der Waals surface area contributed by atoms with Crippen molar-refractivity contribution in [3.63, 3.8) is 0 Å². The van der Waals surface area contributed by atoms with E-state index in [-0.39, 0.29) is 17.2 Å². The molecule has 2 heterocycles. The third-order valence-electron chi connectivity index (χ3n) is 4.56. The van der Waals surface area contributed by atoms with E-state index in [0.717, 1.165) is 24.1 Å². The van der Waals surface area contributed by atoms with Crippen LogP contribution in [0.2, 0.25) is 0 Å². The van der Waals surface area contributed by atoms with Gasteiger partial charge in [-0.3, -0.25) is 19.8 Å². The minimum atomic E-state index is -0.439. The van der Waals surface area contributed by atoms with Crippen LogP contribution in [0.3, 0.4) is 0 Å². The van der Waals surface area contributed by atoms with Crippen molar-refractivity contribution in [2.75, 3.05) is 0 Å². The van der Waals surface area contributed by atoms with Crippen LogP contribution >= 0.6 is 15.9 Å². The lowest BCUT2D eigenvalue weighted by molar-refractivity contribution is -0.121. The number of Topliss-reactive ketones (excluding diaryl/α,β-unsaturated/α-hetero) is 1. The smallest absolute Gasteiger partial charge is 0.270 e. The van der Waals surface area contributed by atoms with E-state index in [9.17, 15) is 14.0 Å². The second-order valence-corrected chi connectivity index (χ2v) is 6.75. The SMILES string of the molecule is O=C1CCCC2=Nc3[nH][nH]c(=O)c3C(c3ccc(F)c(Br)c3)C12. The van der Waals surface area contributed by atoms with Crippen LogP contribution in [-0.2, 0) is 4.79 Å². The molecule has 1 aliphatic heterocycles. The summed E-state index contributed by atoms with van der Waals surface area (Å²) in [5.74, 6) is -0.688. The van der Waals surface area contributed by atoms with Gasteiger partial charge in [0.2, 0.25) is 0 Å². The van der Waals surface area contributed by atoms with Crippen molar-refractivity contribution in [2.45, 2.75) is 25.2 Å². The average Bonchev–Trinajstić information content (AvgIpc) is 2.90. The zero-order valence-corrected chi connectivity index (χ0v) is 13.6. The molecule has 4 rings (SSSR count). The molecule has 0 radical (unpaired) electrons. The number of nitrogens with one attached hydrogen (secondary N) is 2. The van der Waals surface area contributed by atoms with Gasteiger partial charge in [0.25, 0.3) is 5.56 Å². The highest BCUT2D eigenvalue weighted by molar-refractivity contribution is 9.10. The van der Waals surface area contributed by atoms with Crippen molar-refractivity contribution < 1.29 is 9.18 Å². The van der Waals surface area contributed by atoms with E-state index in [1.54, 1.807) is 12.1 Å². The summed E-state index contributed by atoms with van der Waals surface area (Å²) in [6.07, 6.45) is 2.00. The highest BCUT2D eigenvalue weighted by Gasteiger charge is 2.42. The molecule has 1 fully saturated rings. The molecular weight excluding hydrogens is 365 g/mol. The zero-order valence-electron chi connectivity index (χ0n) is 12.0. The predicted octanol–water partition coefficient (Wildman–Crippen LogP) is 3.19. The Balaban J connectivity index is 1.95. The third-order valence-corrected chi connectivity index (χ3v) is 5.17. The summed E-state index contributed by atoms with van der Waals surface area (Å²) in [6, 6.07) is 4.62. The number of carbonyl (C=O) groups is 1. The van der Waals surface area contributed by atoms with Gasteiger partial charge in [0.1, 0.15) is 11.6 Å². The van der Waals surface area contributed by atoms with Crippen LogP contribution in [0.15, 0.2) is 32.5 Å². The number of aromatic amines is 2. The molecule has 2 aliphatic rings. The number of hydrogen-bond acceptors (Lipinski definition) is 3. The predicted molar refractivity (Wildman–Crippen MR) is 86.8 cm³/mol. The van der Waals surface area contributed by atoms with E-state index in [2.05, 4.69) is 31.1 Å². The van der Waals surface area contributed by atoms with E-state index in [1.807, 2.05) is 0 Å². The fourth-order valence-electron chi connectivity index (χ4n) is 3.55. The molecule has 23 heavy (non-hydrogen) atoms. The van der Waals surface area contributed by atoms with Crippen LogP contribution in [0.25, 0.3) is 0 Å². The summed E-state index contributed by atoms with van der Waals surface area (Å²) in [7, 11) is 0. The summed E-state index contributed by atoms with van der Waals surface area (Å²) in [5.41, 5.74) is 1.70. The van der Waals surface area contributed by atoms with Crippen molar-refractivity contribution in [2.24, 2.45) is 10.9 Å². The quantitative estimate of drug-likeness (QED) is 0.800. The number of H-pyrrole nitrogens is 2. The summed E-state index contributed by atoms with van der Waals surface area (Å²) in [6.45, 7) is 0. The molecule has 1 aliphatic carbocycles. The van der Waals surface area contributed by atoms with Gasteiger partial charge in [0, 0.05) is 18.1 Å². The van der Waals surface area contributed by atoms with E-state index in [0.29, 0.717) is 22.3 Å². The Bertz CT molecular complexity index is 899. The number of ketones is 1. The first-order chi connectivity index (χ1) is 11.1. The molecule has 0 amide bonds. The first kappa shape index (κ1) is 14.6. The number of fused-ring (bicyclic) bond motifs is 2. The number of carbonyl (C=O) groups excluding carboxylic acids is 1. The molecule has 0 saturated heterocycles. The second kappa shape index (κ2) is 5.26. The van der Waals surface area contributed by atoms with Gasteiger partial charge < -0.3 is 0 Å². The molecule has 0 bridgehead atoms. The summed E-state index contributed by atoms with van der Waals surface area (Å²) in [5, 5.41) is 5.32. The summed E-state index contributed by atoms with van der Waals surface area (Å²) >= 11 is 3.18. The fraction of sp³-hybridized carbons (Fsp3) is 0.312. The second-order valence-electron chi connectivity index (χ2n) is 5.89. The van der Waals surface area contributed by atoms with E-state index in [1.165, 1.54) is 6.07 Å². The third kappa shape index (κ3) is 2.22. The lowest BCUT2D eigenvalue weighted by Gasteiger charge is -2.33. The molecule has 1 aromatic carbocycles. The maximum Gasteiger partial charge on any atom is 0.270 e. The minimum absolute atomic E-state index is 0.0895. The van der Waals surface area contributed by atoms with Gasteiger partial charge in [-0.15, -0.1) is 0 Å². The van der Waals surface area contributed by atoms with E-state index in [4.69, 9.17) is 0 Å². The lowest BCUT2D eigenvalue weighted by Crippen LogP contribution is -2.37. The largest absolute Gasteiger partial charge is 0.299 e. The Kier molecular flexibility index (Phi) is 3.33. The van der Waals surface area contributed by atoms with Crippen LogP contribution in [0.5, 0.6) is 0 Å². The van der Waals surface area contributed by atoms with Gasteiger partial charge in [-0.2, -0.15) is 0 Å². The van der Waals surface area contributed by atoms with Gasteiger partial charge in [-0.05, 0) is 46.5 Å². The Hall–Kier alpha value is -2.02. The average molecular weight is 378 g/mol. The summed E-state index contributed by atoms with van der Waals surface area (Å²) < 4.78 is 13.9. The monoisotopic (exact) mass is 377 g/mol. The maximum absolute atomic E-state index is 13.6. The van der Waals surface area contributed by atoms with Crippen LogP contribution in [0, 0.1) is 11.7 Å². The van der Waals surface area contributed by atoms with Gasteiger partial charge >= 0.3 is 0 Å². The number of rotatable bonds is 1. The molecule has 118 valence electrons. The van der Waals surface area contributed by atoms with Crippen LogP contribution in [0.1, 0.15) is 36.3 Å². The topological polar surface area (TPSA) is 78.1 Å². The fourth-order valence-corrected chi connectivity index (χ4v) is 3.95. The highest BCUT2D eigenvalue weighted by Crippen LogP contribution is 2.43. The van der Waals surface area contributed by atoms with Crippen molar-refractivity contribution in [1.29, 1.82) is 0 Å². The van der Waals surface area contributed by atoms with Gasteiger partial charge in [0.15, 0.2) is 5.82 Å². The Morgan fingerprint density at radius 1 is 1.17 bits per heavy atom. The summed E-state index contributed by atoms with van der Waals surface area (Å²) in [4.78, 5) is 29.2. The molecule has 1 saturated carbocycles. The normalized spacial score (nSPS) is 23.2. The van der Waals surface area contributed by atoms with Gasteiger partial charge in [-0.25, -0.2) is 9.38 Å². The molecule has 2 N–H and O–H groups in total. The number of aliphatic imine (C=N–C) groups is 1. The molecule has 2 atom stereocenters. The Morgan fingerprint density at radius 3 is 2.78 bits per heavy atom. The van der Waals surface area contributed by atoms with Crippen molar-refractivity contribution in [1.82, 2.24) is 10.2 Å². The number of benzene rings is 1. The maximum atomic E-state index is 13.6. The van der Waals surface area contributed by atoms with Crippen molar-refractivity contribution in [3.05, 3.63) is 50.0 Å². The number of hydrogen-bond donors (Lipinski definition) is 2. The molecule has 7 heteroatoms.